The number of pyridine rings is 1. The van der Waals surface area contributed by atoms with Gasteiger partial charge in [-0.3, -0.25) is 4.40 Å². The van der Waals surface area contributed by atoms with Crippen LogP contribution in [0.3, 0.4) is 0 Å². The zero-order chi connectivity index (χ0) is 8.55. The Hall–Kier alpha value is -1.42. The van der Waals surface area contributed by atoms with Gasteiger partial charge in [-0.2, -0.15) is 0 Å². The molecule has 0 aliphatic heterocycles. The van der Waals surface area contributed by atoms with E-state index in [1.165, 1.54) is 0 Å². The zero-order valence-corrected chi connectivity index (χ0v) is 7.08. The number of imidazole rings is 1. The molecule has 0 amide bonds. The molecule has 12 heavy (non-hydrogen) atoms. The van der Waals surface area contributed by atoms with Crippen LogP contribution in [-0.2, 0) is 0 Å². The lowest BCUT2D eigenvalue weighted by Gasteiger charge is -1.96. The van der Waals surface area contributed by atoms with Gasteiger partial charge in [-0.15, -0.1) is 0 Å². The molecular weight excluding hydrogens is 170 g/mol. The fraction of sp³-hybridized carbons (Fsp3) is 0. The fourth-order valence-corrected chi connectivity index (χ4v) is 1.27. The van der Waals surface area contributed by atoms with E-state index in [4.69, 9.17) is 18.0 Å². The maximum atomic E-state index is 5.49. The van der Waals surface area contributed by atoms with Gasteiger partial charge in [0.05, 0.1) is 11.9 Å². The van der Waals surface area contributed by atoms with Gasteiger partial charge in [0.15, 0.2) is 0 Å². The van der Waals surface area contributed by atoms with Crippen molar-refractivity contribution in [2.45, 2.75) is 0 Å². The molecule has 0 unspecified atom stereocenters. The van der Waals surface area contributed by atoms with Crippen LogP contribution in [-0.4, -0.2) is 14.4 Å². The molecule has 0 atom stereocenters. The van der Waals surface area contributed by atoms with Crippen LogP contribution in [0.1, 0.15) is 5.69 Å². The van der Waals surface area contributed by atoms with Crippen LogP contribution in [0.5, 0.6) is 0 Å². The Morgan fingerprint density at radius 3 is 3.08 bits per heavy atom. The molecule has 0 saturated heterocycles. The highest BCUT2D eigenvalue weighted by atomic mass is 32.1. The number of aromatic nitrogens is 2. The molecule has 60 valence electrons. The van der Waals surface area contributed by atoms with Gasteiger partial charge in [0, 0.05) is 6.20 Å². The van der Waals surface area contributed by atoms with Gasteiger partial charge in [0.1, 0.15) is 10.6 Å². The number of hydrogen-bond donors (Lipinski definition) is 1. The first-order valence-corrected chi connectivity index (χ1v) is 3.92. The Kier molecular flexibility index (Phi) is 1.55. The number of thiocarbonyl (C=S) groups is 1. The first kappa shape index (κ1) is 7.24. The number of nitrogens with zero attached hydrogens (tertiary/aromatic N) is 2. The smallest absolute Gasteiger partial charge is 0.137 e. The van der Waals surface area contributed by atoms with Gasteiger partial charge < -0.3 is 5.73 Å². The third-order valence-corrected chi connectivity index (χ3v) is 1.88. The average molecular weight is 177 g/mol. The van der Waals surface area contributed by atoms with Crippen molar-refractivity contribution in [2.75, 3.05) is 0 Å². The van der Waals surface area contributed by atoms with Crippen LogP contribution < -0.4 is 5.73 Å². The third kappa shape index (κ3) is 0.967. The molecule has 0 spiro atoms. The van der Waals surface area contributed by atoms with Gasteiger partial charge in [-0.1, -0.05) is 18.3 Å². The van der Waals surface area contributed by atoms with Crippen molar-refractivity contribution in [3.8, 4) is 0 Å². The second-order valence-electron chi connectivity index (χ2n) is 2.44. The molecule has 2 N–H and O–H groups in total. The Morgan fingerprint density at radius 2 is 2.33 bits per heavy atom. The lowest BCUT2D eigenvalue weighted by Crippen LogP contribution is -2.11. The van der Waals surface area contributed by atoms with Gasteiger partial charge in [0.2, 0.25) is 0 Å². The lowest BCUT2D eigenvalue weighted by atomic mass is 10.4. The first-order valence-electron chi connectivity index (χ1n) is 3.51. The molecule has 0 aromatic carbocycles. The zero-order valence-electron chi connectivity index (χ0n) is 6.27. The Balaban J connectivity index is 2.79. The monoisotopic (exact) mass is 177 g/mol. The molecule has 2 aromatic rings. The minimum absolute atomic E-state index is 0.369. The Labute approximate surface area is 74.8 Å². The SMILES string of the molecule is NC(=S)c1cnc2ccccn12. The Morgan fingerprint density at radius 1 is 1.50 bits per heavy atom. The summed E-state index contributed by atoms with van der Waals surface area (Å²) in [5, 5.41) is 0. The number of hydrogen-bond acceptors (Lipinski definition) is 2. The third-order valence-electron chi connectivity index (χ3n) is 1.67. The van der Waals surface area contributed by atoms with E-state index in [1.54, 1.807) is 6.20 Å². The standard InChI is InChI=1S/C8H7N3S/c9-8(12)6-5-10-7-3-1-2-4-11(6)7/h1-5H,(H2,9,12). The van der Waals surface area contributed by atoms with E-state index >= 15 is 0 Å². The molecule has 0 saturated carbocycles. The van der Waals surface area contributed by atoms with Crippen LogP contribution in [0, 0.1) is 0 Å². The normalized spacial score (nSPS) is 10.3. The molecule has 0 aliphatic carbocycles. The van der Waals surface area contributed by atoms with Crippen molar-refractivity contribution >= 4 is 22.9 Å². The average Bonchev–Trinajstić information content (AvgIpc) is 2.47. The fourth-order valence-electron chi connectivity index (χ4n) is 1.11. The molecule has 4 heteroatoms. The van der Waals surface area contributed by atoms with E-state index in [2.05, 4.69) is 4.98 Å². The van der Waals surface area contributed by atoms with E-state index in [-0.39, 0.29) is 0 Å². The summed E-state index contributed by atoms with van der Waals surface area (Å²) >= 11 is 4.86. The molecule has 2 rings (SSSR count). The molecule has 2 heterocycles. The van der Waals surface area contributed by atoms with Crippen molar-refractivity contribution < 1.29 is 0 Å². The van der Waals surface area contributed by atoms with E-state index in [0.29, 0.717) is 4.99 Å². The summed E-state index contributed by atoms with van der Waals surface area (Å²) in [6.45, 7) is 0. The van der Waals surface area contributed by atoms with Crippen molar-refractivity contribution in [1.29, 1.82) is 0 Å². The first-order chi connectivity index (χ1) is 5.79. The molecular formula is C8H7N3S. The maximum Gasteiger partial charge on any atom is 0.137 e. The van der Waals surface area contributed by atoms with E-state index in [0.717, 1.165) is 11.3 Å². The van der Waals surface area contributed by atoms with Crippen molar-refractivity contribution in [3.05, 3.63) is 36.3 Å². The van der Waals surface area contributed by atoms with Crippen molar-refractivity contribution in [1.82, 2.24) is 9.38 Å². The predicted octanol–water partition coefficient (Wildman–Crippen LogP) is 0.969. The number of nitrogens with two attached hydrogens (primary N) is 1. The summed E-state index contributed by atoms with van der Waals surface area (Å²) in [4.78, 5) is 4.50. The summed E-state index contributed by atoms with van der Waals surface area (Å²) in [5.74, 6) is 0. The summed E-state index contributed by atoms with van der Waals surface area (Å²) in [5.41, 5.74) is 7.13. The molecule has 2 aromatic heterocycles. The van der Waals surface area contributed by atoms with Gasteiger partial charge in [0.25, 0.3) is 0 Å². The Bertz CT molecular complexity index is 433. The van der Waals surface area contributed by atoms with Crippen molar-refractivity contribution in [3.63, 3.8) is 0 Å². The van der Waals surface area contributed by atoms with Crippen LogP contribution in [0.25, 0.3) is 5.65 Å². The summed E-state index contributed by atoms with van der Waals surface area (Å²) in [7, 11) is 0. The topological polar surface area (TPSA) is 43.3 Å². The van der Waals surface area contributed by atoms with Gasteiger partial charge in [-0.25, -0.2) is 4.98 Å². The maximum absolute atomic E-state index is 5.49. The number of rotatable bonds is 1. The van der Waals surface area contributed by atoms with Crippen LogP contribution >= 0.6 is 12.2 Å². The second kappa shape index (κ2) is 2.57. The van der Waals surface area contributed by atoms with E-state index < -0.39 is 0 Å². The molecule has 0 bridgehead atoms. The van der Waals surface area contributed by atoms with Crippen LogP contribution in [0.2, 0.25) is 0 Å². The molecule has 3 nitrogen and oxygen atoms in total. The summed E-state index contributed by atoms with van der Waals surface area (Å²) < 4.78 is 1.86. The van der Waals surface area contributed by atoms with E-state index in [1.807, 2.05) is 28.8 Å². The second-order valence-corrected chi connectivity index (χ2v) is 2.88. The highest BCUT2D eigenvalue weighted by Gasteiger charge is 2.02. The molecule has 0 aliphatic rings. The quantitative estimate of drug-likeness (QED) is 0.660. The highest BCUT2D eigenvalue weighted by molar-refractivity contribution is 7.80. The number of fused-ring (bicyclic) bond motifs is 1. The van der Waals surface area contributed by atoms with Crippen LogP contribution in [0.15, 0.2) is 30.6 Å². The predicted molar refractivity (Wildman–Crippen MR) is 51.1 cm³/mol. The minimum atomic E-state index is 0.369. The summed E-state index contributed by atoms with van der Waals surface area (Å²) in [6.07, 6.45) is 3.56. The highest BCUT2D eigenvalue weighted by Crippen LogP contribution is 2.04. The summed E-state index contributed by atoms with van der Waals surface area (Å²) in [6, 6.07) is 5.74. The van der Waals surface area contributed by atoms with Crippen LogP contribution in [0.4, 0.5) is 0 Å². The largest absolute Gasteiger partial charge is 0.388 e. The minimum Gasteiger partial charge on any atom is -0.388 e. The van der Waals surface area contributed by atoms with Gasteiger partial charge in [-0.05, 0) is 12.1 Å². The lowest BCUT2D eigenvalue weighted by molar-refractivity contribution is 1.17. The van der Waals surface area contributed by atoms with Crippen molar-refractivity contribution in [2.24, 2.45) is 5.73 Å². The van der Waals surface area contributed by atoms with Gasteiger partial charge >= 0.3 is 0 Å². The molecule has 0 radical (unpaired) electrons. The van der Waals surface area contributed by atoms with E-state index in [9.17, 15) is 0 Å². The molecule has 0 fully saturated rings.